The van der Waals surface area contributed by atoms with Crippen molar-refractivity contribution in [3.8, 4) is 0 Å². The van der Waals surface area contributed by atoms with Crippen molar-refractivity contribution in [2.45, 2.75) is 89.5 Å². The molecule has 0 saturated carbocycles. The van der Waals surface area contributed by atoms with Crippen LogP contribution in [0, 0.1) is 11.8 Å². The molecule has 2 bridgehead atoms. The number of nitrogens with zero attached hydrogens (tertiary/aromatic N) is 2. The second-order valence-electron chi connectivity index (χ2n) is 9.54. The predicted molar refractivity (Wildman–Crippen MR) is 123 cm³/mol. The molecular formula is C25H40N2O6. The van der Waals surface area contributed by atoms with Crippen LogP contribution >= 0.6 is 0 Å². The molecule has 3 fully saturated rings. The van der Waals surface area contributed by atoms with Gasteiger partial charge in [0, 0.05) is 25.7 Å². The van der Waals surface area contributed by atoms with Gasteiger partial charge in [-0.15, -0.1) is 6.58 Å². The Morgan fingerprint density at radius 1 is 1.36 bits per heavy atom. The lowest BCUT2D eigenvalue weighted by Crippen LogP contribution is -2.57. The molecule has 3 rings (SSSR count). The summed E-state index contributed by atoms with van der Waals surface area (Å²) in [5.74, 6) is -2.06. The molecule has 3 aliphatic rings. The first-order valence-electron chi connectivity index (χ1n) is 12.5. The van der Waals surface area contributed by atoms with E-state index in [-0.39, 0.29) is 37.2 Å². The number of aliphatic hydroxyl groups excluding tert-OH is 1. The fourth-order valence-electron chi connectivity index (χ4n) is 6.11. The number of aliphatic hydroxyl groups is 1. The van der Waals surface area contributed by atoms with Crippen LogP contribution in [-0.4, -0.2) is 82.8 Å². The Balaban J connectivity index is 1.97. The molecule has 33 heavy (non-hydrogen) atoms. The third kappa shape index (κ3) is 4.56. The van der Waals surface area contributed by atoms with Gasteiger partial charge in [0.1, 0.15) is 11.6 Å². The smallest absolute Gasteiger partial charge is 0.312 e. The molecule has 186 valence electrons. The zero-order valence-electron chi connectivity index (χ0n) is 20.3. The summed E-state index contributed by atoms with van der Waals surface area (Å²) in [7, 11) is 0. The first-order chi connectivity index (χ1) is 15.9. The SMILES string of the molecule is C=CCN(C(=O)C1N(CCCCCO)C(=O)[C@@H]2[C@H](C(=O)OCC)[C@@H]3CCC12O3)C(C)CCC. The van der Waals surface area contributed by atoms with Crippen molar-refractivity contribution in [3.63, 3.8) is 0 Å². The lowest BCUT2D eigenvalue weighted by Gasteiger charge is -2.39. The third-order valence-electron chi connectivity index (χ3n) is 7.50. The van der Waals surface area contributed by atoms with Crippen LogP contribution in [0.2, 0.25) is 0 Å². The highest BCUT2D eigenvalue weighted by molar-refractivity contribution is 5.98. The first-order valence-corrected chi connectivity index (χ1v) is 12.5. The molecule has 0 aliphatic carbocycles. The monoisotopic (exact) mass is 464 g/mol. The van der Waals surface area contributed by atoms with E-state index in [0.29, 0.717) is 38.8 Å². The van der Waals surface area contributed by atoms with Gasteiger partial charge in [0.05, 0.1) is 24.5 Å². The van der Waals surface area contributed by atoms with Crippen molar-refractivity contribution in [1.29, 1.82) is 0 Å². The number of likely N-dealkylation sites (tertiary alicyclic amines) is 1. The third-order valence-corrected chi connectivity index (χ3v) is 7.50. The Morgan fingerprint density at radius 3 is 2.76 bits per heavy atom. The van der Waals surface area contributed by atoms with Gasteiger partial charge in [-0.25, -0.2) is 0 Å². The lowest BCUT2D eigenvalue weighted by molar-refractivity contribution is -0.155. The summed E-state index contributed by atoms with van der Waals surface area (Å²) in [6.45, 7) is 10.8. The molecule has 0 aromatic heterocycles. The number of fused-ring (bicyclic) bond motifs is 1. The highest BCUT2D eigenvalue weighted by atomic mass is 16.6. The second kappa shape index (κ2) is 11.0. The highest BCUT2D eigenvalue weighted by Gasteiger charge is 2.75. The molecule has 0 aromatic carbocycles. The van der Waals surface area contributed by atoms with Crippen molar-refractivity contribution in [2.75, 3.05) is 26.3 Å². The maximum Gasteiger partial charge on any atom is 0.312 e. The number of ether oxygens (including phenoxy) is 2. The quantitative estimate of drug-likeness (QED) is 0.255. The van der Waals surface area contributed by atoms with E-state index >= 15 is 0 Å². The number of amides is 2. The number of esters is 1. The van der Waals surface area contributed by atoms with E-state index in [2.05, 4.69) is 13.5 Å². The molecule has 1 spiro atoms. The fraction of sp³-hybridized carbons (Fsp3) is 0.800. The van der Waals surface area contributed by atoms with Crippen LogP contribution in [0.3, 0.4) is 0 Å². The van der Waals surface area contributed by atoms with Gasteiger partial charge >= 0.3 is 5.97 Å². The van der Waals surface area contributed by atoms with E-state index in [4.69, 9.17) is 14.6 Å². The fourth-order valence-corrected chi connectivity index (χ4v) is 6.11. The van der Waals surface area contributed by atoms with Crippen molar-refractivity contribution >= 4 is 17.8 Å². The maximum atomic E-state index is 14.1. The van der Waals surface area contributed by atoms with Crippen LogP contribution in [-0.2, 0) is 23.9 Å². The molecule has 6 atom stereocenters. The molecule has 3 aliphatic heterocycles. The van der Waals surface area contributed by atoms with Gasteiger partial charge in [-0.05, 0) is 52.4 Å². The topological polar surface area (TPSA) is 96.4 Å². The standard InChI is InChI=1S/C25H40N2O6/c1-5-11-17(4)26(14-6-2)23(30)21-25-13-12-18(33-25)19(24(31)32-7-3)20(25)22(29)27(21)15-9-8-10-16-28/h6,17-21,28H,2,5,7-16H2,1,3-4H3/t17?,18-,19+,20-,21?,25?/m0/s1. The van der Waals surface area contributed by atoms with Gasteiger partial charge in [0.15, 0.2) is 0 Å². The molecule has 0 aromatic rings. The number of hydrogen-bond donors (Lipinski definition) is 1. The number of hydrogen-bond acceptors (Lipinski definition) is 6. The molecule has 0 radical (unpaired) electrons. The molecular weight excluding hydrogens is 424 g/mol. The minimum absolute atomic E-state index is 0.00162. The number of rotatable bonds is 13. The molecule has 8 heteroatoms. The Hall–Kier alpha value is -1.93. The average Bonchev–Trinajstić information content (AvgIpc) is 3.42. The minimum atomic E-state index is -0.988. The normalized spacial score (nSPS) is 30.9. The van der Waals surface area contributed by atoms with Gasteiger partial charge in [-0.3, -0.25) is 14.4 Å². The molecule has 3 heterocycles. The van der Waals surface area contributed by atoms with E-state index < -0.39 is 29.4 Å². The number of carbonyl (C=O) groups excluding carboxylic acids is 3. The second-order valence-corrected chi connectivity index (χ2v) is 9.54. The molecule has 3 saturated heterocycles. The molecule has 1 N–H and O–H groups in total. The van der Waals surface area contributed by atoms with Crippen molar-refractivity contribution in [1.82, 2.24) is 9.80 Å². The van der Waals surface area contributed by atoms with Gasteiger partial charge < -0.3 is 24.4 Å². The summed E-state index contributed by atoms with van der Waals surface area (Å²) in [6.07, 6.45) is 6.43. The average molecular weight is 465 g/mol. The summed E-state index contributed by atoms with van der Waals surface area (Å²) < 4.78 is 11.7. The van der Waals surface area contributed by atoms with E-state index in [9.17, 15) is 14.4 Å². The maximum absolute atomic E-state index is 14.1. The number of unbranched alkanes of at least 4 members (excludes halogenated alkanes) is 2. The van der Waals surface area contributed by atoms with E-state index in [1.807, 2.05) is 6.92 Å². The van der Waals surface area contributed by atoms with Crippen LogP contribution < -0.4 is 0 Å². The number of carbonyl (C=O) groups is 3. The van der Waals surface area contributed by atoms with Gasteiger partial charge in [0.2, 0.25) is 11.8 Å². The predicted octanol–water partition coefficient (Wildman–Crippen LogP) is 2.29. The van der Waals surface area contributed by atoms with Crippen molar-refractivity contribution in [3.05, 3.63) is 12.7 Å². The van der Waals surface area contributed by atoms with E-state index in [1.165, 1.54) is 0 Å². The Kier molecular flexibility index (Phi) is 8.56. The van der Waals surface area contributed by atoms with Crippen LogP contribution in [0.4, 0.5) is 0 Å². The highest BCUT2D eigenvalue weighted by Crippen LogP contribution is 2.58. The zero-order valence-corrected chi connectivity index (χ0v) is 20.3. The summed E-state index contributed by atoms with van der Waals surface area (Å²) in [4.78, 5) is 44.1. The van der Waals surface area contributed by atoms with E-state index in [0.717, 1.165) is 19.3 Å². The van der Waals surface area contributed by atoms with Crippen LogP contribution in [0.5, 0.6) is 0 Å². The van der Waals surface area contributed by atoms with Gasteiger partial charge in [0.25, 0.3) is 0 Å². The first kappa shape index (κ1) is 25.7. The zero-order chi connectivity index (χ0) is 24.2. The van der Waals surface area contributed by atoms with Crippen LogP contribution in [0.15, 0.2) is 12.7 Å². The Labute approximate surface area is 197 Å². The van der Waals surface area contributed by atoms with Gasteiger partial charge in [-0.2, -0.15) is 0 Å². The largest absolute Gasteiger partial charge is 0.466 e. The van der Waals surface area contributed by atoms with E-state index in [1.54, 1.807) is 22.8 Å². The van der Waals surface area contributed by atoms with Crippen molar-refractivity contribution in [2.24, 2.45) is 11.8 Å². The van der Waals surface area contributed by atoms with Crippen LogP contribution in [0.1, 0.15) is 65.7 Å². The summed E-state index contributed by atoms with van der Waals surface area (Å²) in [6, 6.07) is -0.755. The lowest BCUT2D eigenvalue weighted by atomic mass is 9.70. The van der Waals surface area contributed by atoms with Crippen LogP contribution in [0.25, 0.3) is 0 Å². The van der Waals surface area contributed by atoms with Gasteiger partial charge in [-0.1, -0.05) is 19.4 Å². The molecule has 3 unspecified atom stereocenters. The Bertz CT molecular complexity index is 742. The Morgan fingerprint density at radius 2 is 2.12 bits per heavy atom. The minimum Gasteiger partial charge on any atom is -0.466 e. The summed E-state index contributed by atoms with van der Waals surface area (Å²) in [5, 5.41) is 9.13. The van der Waals surface area contributed by atoms with Crippen molar-refractivity contribution < 1.29 is 29.0 Å². The molecule has 2 amide bonds. The summed E-state index contributed by atoms with van der Waals surface area (Å²) in [5.41, 5.74) is -0.988. The summed E-state index contributed by atoms with van der Waals surface area (Å²) >= 11 is 0. The molecule has 8 nitrogen and oxygen atoms in total.